The molecular weight excluding hydrogens is 450 g/mol. The largest absolute Gasteiger partial charge is 0.493 e. The maximum Gasteiger partial charge on any atom is 0.344 e. The molecule has 0 radical (unpaired) electrons. The van der Waals surface area contributed by atoms with Crippen LogP contribution in [-0.4, -0.2) is 30.1 Å². The number of esters is 1. The molecule has 0 atom stereocenters. The number of carbonyl (C=O) groups excluding carboxylic acids is 2. The summed E-state index contributed by atoms with van der Waals surface area (Å²) < 4.78 is 10.9. The average molecular weight is 469 g/mol. The highest BCUT2D eigenvalue weighted by Gasteiger charge is 2.15. The molecule has 0 aliphatic rings. The van der Waals surface area contributed by atoms with E-state index in [0.717, 1.165) is 10.8 Å². The number of nitro groups is 1. The molecule has 0 saturated carbocycles. The zero-order chi connectivity index (χ0) is 24.8. The van der Waals surface area contributed by atoms with Gasteiger partial charge in [-0.15, -0.1) is 0 Å². The predicted molar refractivity (Wildman–Crippen MR) is 130 cm³/mol. The van der Waals surface area contributed by atoms with Crippen molar-refractivity contribution in [1.29, 1.82) is 0 Å². The maximum absolute atomic E-state index is 12.8. The second-order valence-electron chi connectivity index (χ2n) is 7.33. The number of fused-ring (bicyclic) bond motifs is 1. The number of ether oxygens (including phenoxy) is 2. The van der Waals surface area contributed by atoms with Crippen molar-refractivity contribution in [3.05, 3.63) is 112 Å². The van der Waals surface area contributed by atoms with Crippen LogP contribution in [0, 0.1) is 10.1 Å². The van der Waals surface area contributed by atoms with Crippen LogP contribution in [0.3, 0.4) is 0 Å². The molecule has 35 heavy (non-hydrogen) atoms. The Labute approximate surface area is 199 Å². The van der Waals surface area contributed by atoms with Gasteiger partial charge in [0.1, 0.15) is 0 Å². The number of rotatable bonds is 7. The Morgan fingerprint density at radius 2 is 1.69 bits per heavy atom. The third-order valence-corrected chi connectivity index (χ3v) is 5.12. The molecule has 1 amide bonds. The number of non-ortho nitro benzene ring substituents is 1. The Balaban J connectivity index is 1.45. The molecule has 4 aromatic carbocycles. The van der Waals surface area contributed by atoms with Gasteiger partial charge >= 0.3 is 5.97 Å². The number of hydrogen-bond acceptors (Lipinski definition) is 7. The molecular formula is C26H19N3O6. The van der Waals surface area contributed by atoms with Crippen LogP contribution in [0.15, 0.2) is 90.0 Å². The van der Waals surface area contributed by atoms with Crippen LogP contribution in [0.25, 0.3) is 10.8 Å². The first-order valence-electron chi connectivity index (χ1n) is 10.4. The van der Waals surface area contributed by atoms with Gasteiger partial charge in [0.2, 0.25) is 0 Å². The number of amides is 1. The van der Waals surface area contributed by atoms with E-state index in [1.165, 1.54) is 37.6 Å². The first-order chi connectivity index (χ1) is 17.0. The molecule has 0 aliphatic carbocycles. The summed E-state index contributed by atoms with van der Waals surface area (Å²) in [6.07, 6.45) is 1.39. The van der Waals surface area contributed by atoms with E-state index >= 15 is 0 Å². The molecule has 0 spiro atoms. The van der Waals surface area contributed by atoms with E-state index in [0.29, 0.717) is 16.9 Å². The van der Waals surface area contributed by atoms with Crippen molar-refractivity contribution >= 4 is 34.6 Å². The molecule has 1 N–H and O–H groups in total. The van der Waals surface area contributed by atoms with Crippen molar-refractivity contribution in [3.8, 4) is 11.5 Å². The maximum atomic E-state index is 12.8. The van der Waals surface area contributed by atoms with Crippen LogP contribution in [0.1, 0.15) is 26.3 Å². The van der Waals surface area contributed by atoms with Crippen molar-refractivity contribution in [2.75, 3.05) is 7.11 Å². The molecule has 0 aliphatic heterocycles. The molecule has 174 valence electrons. The summed E-state index contributed by atoms with van der Waals surface area (Å²) in [5.74, 6) is -0.498. The Hall–Kier alpha value is -5.05. The highest BCUT2D eigenvalue weighted by molar-refractivity contribution is 6.05. The summed E-state index contributed by atoms with van der Waals surface area (Å²) in [6.45, 7) is 0. The molecule has 0 aromatic heterocycles. The highest BCUT2D eigenvalue weighted by atomic mass is 16.6. The monoisotopic (exact) mass is 469 g/mol. The lowest BCUT2D eigenvalue weighted by Crippen LogP contribution is -2.17. The average Bonchev–Trinajstić information content (AvgIpc) is 2.89. The highest BCUT2D eigenvalue weighted by Crippen LogP contribution is 2.29. The number of hydrogen-bond donors (Lipinski definition) is 1. The van der Waals surface area contributed by atoms with Gasteiger partial charge in [-0.25, -0.2) is 10.2 Å². The Morgan fingerprint density at radius 3 is 2.43 bits per heavy atom. The molecule has 0 bridgehead atoms. The van der Waals surface area contributed by atoms with Crippen molar-refractivity contribution in [2.24, 2.45) is 5.10 Å². The Kier molecular flexibility index (Phi) is 6.78. The lowest BCUT2D eigenvalue weighted by atomic mass is 10.0. The third kappa shape index (κ3) is 5.31. The van der Waals surface area contributed by atoms with Gasteiger partial charge in [-0.1, -0.05) is 36.4 Å². The fourth-order valence-electron chi connectivity index (χ4n) is 3.37. The zero-order valence-electron chi connectivity index (χ0n) is 18.5. The lowest BCUT2D eigenvalue weighted by Gasteiger charge is -2.11. The predicted octanol–water partition coefficient (Wildman–Crippen LogP) is 4.74. The van der Waals surface area contributed by atoms with E-state index in [1.807, 2.05) is 30.3 Å². The second kappa shape index (κ2) is 10.3. The Bertz CT molecular complexity index is 1440. The standard InChI is InChI=1S/C26H19N3O6/c1-34-24-15-17(16-27-28-25(30)19-10-12-20(13-11-19)29(32)33)9-14-23(24)35-26(31)22-8-4-6-18-5-2-3-7-21(18)22/h2-16H,1H3,(H,28,30). The molecule has 0 heterocycles. The van der Waals surface area contributed by atoms with Gasteiger partial charge in [0.15, 0.2) is 11.5 Å². The third-order valence-electron chi connectivity index (χ3n) is 5.12. The molecule has 0 saturated heterocycles. The van der Waals surface area contributed by atoms with Gasteiger partial charge in [-0.3, -0.25) is 14.9 Å². The van der Waals surface area contributed by atoms with Gasteiger partial charge in [0.25, 0.3) is 11.6 Å². The van der Waals surface area contributed by atoms with Gasteiger partial charge < -0.3 is 9.47 Å². The summed E-state index contributed by atoms with van der Waals surface area (Å²) >= 11 is 0. The van der Waals surface area contributed by atoms with Crippen LogP contribution in [0.4, 0.5) is 5.69 Å². The minimum atomic E-state index is -0.545. The van der Waals surface area contributed by atoms with E-state index < -0.39 is 16.8 Å². The number of nitrogens with zero attached hydrogens (tertiary/aromatic N) is 2. The van der Waals surface area contributed by atoms with Crippen molar-refractivity contribution in [2.45, 2.75) is 0 Å². The van der Waals surface area contributed by atoms with Crippen LogP contribution >= 0.6 is 0 Å². The van der Waals surface area contributed by atoms with Gasteiger partial charge in [-0.05, 0) is 52.7 Å². The van der Waals surface area contributed by atoms with E-state index in [9.17, 15) is 19.7 Å². The number of carbonyl (C=O) groups is 2. The number of methoxy groups -OCH3 is 1. The van der Waals surface area contributed by atoms with Gasteiger partial charge in [-0.2, -0.15) is 5.10 Å². The first kappa shape index (κ1) is 23.1. The number of nitro benzene ring substituents is 1. The molecule has 4 aromatic rings. The van der Waals surface area contributed by atoms with Crippen LogP contribution < -0.4 is 14.9 Å². The SMILES string of the molecule is COc1cc(C=NNC(=O)c2ccc([N+](=O)[O-])cc2)ccc1OC(=O)c1cccc2ccccc12. The first-order valence-corrected chi connectivity index (χ1v) is 10.4. The number of nitrogens with one attached hydrogen (secondary N) is 1. The molecule has 0 fully saturated rings. The fourth-order valence-corrected chi connectivity index (χ4v) is 3.37. The van der Waals surface area contributed by atoms with Gasteiger partial charge in [0.05, 0.1) is 23.8 Å². The minimum Gasteiger partial charge on any atom is -0.493 e. The van der Waals surface area contributed by atoms with Crippen molar-refractivity contribution in [1.82, 2.24) is 5.43 Å². The number of benzene rings is 4. The van der Waals surface area contributed by atoms with Crippen molar-refractivity contribution < 1.29 is 24.0 Å². The van der Waals surface area contributed by atoms with Crippen molar-refractivity contribution in [3.63, 3.8) is 0 Å². The van der Waals surface area contributed by atoms with Crippen LogP contribution in [0.2, 0.25) is 0 Å². The quantitative estimate of drug-likeness (QED) is 0.137. The zero-order valence-corrected chi connectivity index (χ0v) is 18.5. The smallest absolute Gasteiger partial charge is 0.344 e. The summed E-state index contributed by atoms with van der Waals surface area (Å²) in [4.78, 5) is 35.2. The molecule has 9 heteroatoms. The van der Waals surface area contributed by atoms with Gasteiger partial charge in [0, 0.05) is 17.7 Å². The van der Waals surface area contributed by atoms with E-state index in [4.69, 9.17) is 9.47 Å². The summed E-state index contributed by atoms with van der Waals surface area (Å²) in [6, 6.07) is 22.9. The normalized spacial score (nSPS) is 10.8. The summed E-state index contributed by atoms with van der Waals surface area (Å²) in [5.41, 5.74) is 3.48. The lowest BCUT2D eigenvalue weighted by molar-refractivity contribution is -0.384. The van der Waals surface area contributed by atoms with E-state index in [-0.39, 0.29) is 17.0 Å². The Morgan fingerprint density at radius 1 is 0.943 bits per heavy atom. The molecule has 9 nitrogen and oxygen atoms in total. The van der Waals surface area contributed by atoms with Crippen LogP contribution in [0.5, 0.6) is 11.5 Å². The summed E-state index contributed by atoms with van der Waals surface area (Å²) in [5, 5.41) is 16.3. The minimum absolute atomic E-state index is 0.113. The van der Waals surface area contributed by atoms with E-state index in [2.05, 4.69) is 10.5 Å². The molecule has 0 unspecified atom stereocenters. The molecule has 4 rings (SSSR count). The fraction of sp³-hybridized carbons (Fsp3) is 0.0385. The number of hydrazone groups is 1. The second-order valence-corrected chi connectivity index (χ2v) is 7.33. The van der Waals surface area contributed by atoms with Crippen LogP contribution in [-0.2, 0) is 0 Å². The van der Waals surface area contributed by atoms with E-state index in [1.54, 1.807) is 30.3 Å². The topological polar surface area (TPSA) is 120 Å². The summed E-state index contributed by atoms with van der Waals surface area (Å²) in [7, 11) is 1.45.